The van der Waals surface area contributed by atoms with Gasteiger partial charge in [-0.05, 0) is 31.2 Å². The first kappa shape index (κ1) is 22.4. The van der Waals surface area contributed by atoms with Crippen LogP contribution in [-0.4, -0.2) is 32.7 Å². The lowest BCUT2D eigenvalue weighted by Crippen LogP contribution is -2.12. The number of aromatic nitrogens is 1. The lowest BCUT2D eigenvalue weighted by molar-refractivity contribution is 0.103. The number of carbonyl (C=O) groups excluding carboxylic acids is 1. The van der Waals surface area contributed by atoms with Crippen molar-refractivity contribution < 1.29 is 17.9 Å². The van der Waals surface area contributed by atoms with E-state index >= 15 is 0 Å². The first-order chi connectivity index (χ1) is 14.1. The topological polar surface area (TPSA) is 97.4 Å². The van der Waals surface area contributed by atoms with Gasteiger partial charge in [-0.25, -0.2) is 8.42 Å². The molecular formula is C19H17Cl2N3O4S2. The predicted molar refractivity (Wildman–Crippen MR) is 122 cm³/mol. The van der Waals surface area contributed by atoms with Crippen molar-refractivity contribution in [2.45, 2.75) is 6.92 Å². The Bertz CT molecular complexity index is 1230. The number of nitrogens with one attached hydrogen (secondary N) is 2. The first-order valence-electron chi connectivity index (χ1n) is 8.46. The Hall–Kier alpha value is -2.33. The van der Waals surface area contributed by atoms with Gasteiger partial charge >= 0.3 is 0 Å². The van der Waals surface area contributed by atoms with Crippen LogP contribution in [0.1, 0.15) is 14.5 Å². The molecule has 0 saturated carbocycles. The number of amides is 1. The molecule has 3 aromatic rings. The summed E-state index contributed by atoms with van der Waals surface area (Å²) in [7, 11) is -1.96. The Balaban J connectivity index is 1.86. The van der Waals surface area contributed by atoms with E-state index in [1.807, 2.05) is 6.92 Å². The van der Waals surface area contributed by atoms with Gasteiger partial charge in [-0.2, -0.15) is 0 Å². The second-order valence-electron chi connectivity index (χ2n) is 6.34. The second kappa shape index (κ2) is 8.81. The fourth-order valence-electron chi connectivity index (χ4n) is 2.69. The lowest BCUT2D eigenvalue weighted by Gasteiger charge is -2.09. The molecule has 2 heterocycles. The van der Waals surface area contributed by atoms with Crippen LogP contribution in [0.25, 0.3) is 11.3 Å². The number of anilines is 2. The summed E-state index contributed by atoms with van der Waals surface area (Å²) in [6.07, 6.45) is 2.58. The van der Waals surface area contributed by atoms with Gasteiger partial charge in [0.25, 0.3) is 5.91 Å². The van der Waals surface area contributed by atoms with E-state index in [0.29, 0.717) is 27.0 Å². The molecule has 7 nitrogen and oxygen atoms in total. The average Bonchev–Trinajstić information content (AvgIpc) is 3.01. The van der Waals surface area contributed by atoms with Crippen LogP contribution in [0.5, 0.6) is 5.75 Å². The number of halogens is 2. The zero-order valence-electron chi connectivity index (χ0n) is 16.1. The highest BCUT2D eigenvalue weighted by Crippen LogP contribution is 2.35. The van der Waals surface area contributed by atoms with Crippen LogP contribution >= 0.6 is 34.5 Å². The maximum Gasteiger partial charge on any atom is 0.265 e. The van der Waals surface area contributed by atoms with Crippen molar-refractivity contribution in [3.05, 3.63) is 56.3 Å². The van der Waals surface area contributed by atoms with Gasteiger partial charge < -0.3 is 10.1 Å². The molecule has 3 rings (SSSR count). The smallest absolute Gasteiger partial charge is 0.265 e. The molecule has 2 aromatic heterocycles. The third kappa shape index (κ3) is 5.42. The normalized spacial score (nSPS) is 11.2. The van der Waals surface area contributed by atoms with Crippen molar-refractivity contribution in [2.24, 2.45) is 0 Å². The van der Waals surface area contributed by atoms with E-state index in [1.165, 1.54) is 36.6 Å². The number of nitrogens with zero attached hydrogens (tertiary/aromatic N) is 1. The van der Waals surface area contributed by atoms with Crippen molar-refractivity contribution in [1.29, 1.82) is 0 Å². The van der Waals surface area contributed by atoms with E-state index in [9.17, 15) is 13.2 Å². The van der Waals surface area contributed by atoms with Crippen LogP contribution in [0.4, 0.5) is 11.4 Å². The van der Waals surface area contributed by atoms with Gasteiger partial charge in [0.1, 0.15) is 5.75 Å². The van der Waals surface area contributed by atoms with Crippen molar-refractivity contribution in [3.63, 3.8) is 0 Å². The summed E-state index contributed by atoms with van der Waals surface area (Å²) in [6.45, 7) is 1.87. The second-order valence-corrected chi connectivity index (χ2v) is 10.2. The molecule has 0 aliphatic carbocycles. The Morgan fingerprint density at radius 3 is 2.47 bits per heavy atom. The van der Waals surface area contributed by atoms with Crippen LogP contribution in [-0.2, 0) is 10.0 Å². The van der Waals surface area contributed by atoms with Crippen LogP contribution < -0.4 is 14.8 Å². The third-order valence-corrected chi connectivity index (χ3v) is 6.07. The molecule has 30 heavy (non-hydrogen) atoms. The van der Waals surface area contributed by atoms with Gasteiger partial charge in [-0.1, -0.05) is 23.2 Å². The van der Waals surface area contributed by atoms with Crippen LogP contribution in [0, 0.1) is 6.92 Å². The quantitative estimate of drug-likeness (QED) is 0.508. The monoisotopic (exact) mass is 485 g/mol. The molecule has 11 heteroatoms. The van der Waals surface area contributed by atoms with Crippen molar-refractivity contribution in [1.82, 2.24) is 4.98 Å². The van der Waals surface area contributed by atoms with Crippen molar-refractivity contribution in [2.75, 3.05) is 23.4 Å². The Morgan fingerprint density at radius 1 is 1.13 bits per heavy atom. The molecular weight excluding hydrogens is 469 g/mol. The molecule has 0 atom stereocenters. The summed E-state index contributed by atoms with van der Waals surface area (Å²) in [5.41, 5.74) is 1.89. The maximum atomic E-state index is 12.7. The molecule has 0 radical (unpaired) electrons. The lowest BCUT2D eigenvalue weighted by atomic mass is 10.1. The number of hydrogen-bond donors (Lipinski definition) is 2. The first-order valence-corrected chi connectivity index (χ1v) is 11.9. The minimum Gasteiger partial charge on any atom is -0.495 e. The highest BCUT2D eigenvalue weighted by atomic mass is 35.5. The molecule has 0 saturated heterocycles. The number of thiophene rings is 1. The Labute approximate surface area is 188 Å². The van der Waals surface area contributed by atoms with Crippen molar-refractivity contribution >= 4 is 61.8 Å². The highest BCUT2D eigenvalue weighted by Gasteiger charge is 2.17. The molecule has 0 bridgehead atoms. The van der Waals surface area contributed by atoms with Gasteiger partial charge in [-0.3, -0.25) is 14.5 Å². The number of hydrogen-bond acceptors (Lipinski definition) is 6. The van der Waals surface area contributed by atoms with Gasteiger partial charge in [0.05, 0.1) is 40.8 Å². The summed E-state index contributed by atoms with van der Waals surface area (Å²) in [4.78, 5) is 18.4. The van der Waals surface area contributed by atoms with Crippen LogP contribution in [0.3, 0.4) is 0 Å². The molecule has 2 N–H and O–H groups in total. The number of ether oxygens (including phenoxy) is 1. The Kier molecular flexibility index (Phi) is 6.56. The number of benzene rings is 1. The average molecular weight is 486 g/mol. The molecule has 158 valence electrons. The summed E-state index contributed by atoms with van der Waals surface area (Å²) in [5.74, 6) is 0.167. The number of aryl methyl sites for hydroxylation is 1. The van der Waals surface area contributed by atoms with Gasteiger partial charge in [0, 0.05) is 27.2 Å². The van der Waals surface area contributed by atoms with Crippen LogP contribution in [0.15, 0.2) is 36.5 Å². The van der Waals surface area contributed by atoms with E-state index in [2.05, 4.69) is 15.0 Å². The van der Waals surface area contributed by atoms with Gasteiger partial charge in [-0.15, -0.1) is 11.3 Å². The molecule has 1 aromatic carbocycles. The molecule has 0 aliphatic rings. The number of sulfonamides is 1. The predicted octanol–water partition coefficient (Wildman–Crippen LogP) is 5.06. The maximum absolute atomic E-state index is 12.7. The van der Waals surface area contributed by atoms with Crippen molar-refractivity contribution in [3.8, 4) is 17.0 Å². The number of pyridine rings is 1. The number of rotatable bonds is 6. The highest BCUT2D eigenvalue weighted by molar-refractivity contribution is 7.92. The molecule has 0 aliphatic heterocycles. The van der Waals surface area contributed by atoms with E-state index in [-0.39, 0.29) is 16.6 Å². The summed E-state index contributed by atoms with van der Waals surface area (Å²) in [5, 5.41) is 3.41. The third-order valence-electron chi connectivity index (χ3n) is 3.91. The number of carbonyl (C=O) groups is 1. The van der Waals surface area contributed by atoms with E-state index < -0.39 is 10.0 Å². The zero-order chi connectivity index (χ0) is 22.1. The Morgan fingerprint density at radius 2 is 1.83 bits per heavy atom. The summed E-state index contributed by atoms with van der Waals surface area (Å²) in [6, 6.07) is 7.81. The molecule has 1 amide bonds. The van der Waals surface area contributed by atoms with E-state index in [0.717, 1.165) is 16.7 Å². The summed E-state index contributed by atoms with van der Waals surface area (Å²) < 4.78 is 30.3. The molecule has 0 unspecified atom stereocenters. The summed E-state index contributed by atoms with van der Waals surface area (Å²) >= 11 is 13.6. The molecule has 0 spiro atoms. The van der Waals surface area contributed by atoms with Gasteiger partial charge in [0.15, 0.2) is 0 Å². The zero-order valence-corrected chi connectivity index (χ0v) is 19.3. The fourth-order valence-corrected chi connectivity index (χ4v) is 4.64. The molecule has 0 fully saturated rings. The number of methoxy groups -OCH3 is 1. The van der Waals surface area contributed by atoms with E-state index in [4.69, 9.17) is 27.9 Å². The van der Waals surface area contributed by atoms with Crippen LogP contribution in [0.2, 0.25) is 10.0 Å². The standard InChI is InChI=1S/C19H17Cl2N3O4S2/c1-10-15(18-16(21)7-14(28-2)9-22-18)8-17(29-10)19(25)23-12-4-11(20)5-13(6-12)24-30(3,26)27/h4-9,24H,1-3H3,(H,23,25). The largest absolute Gasteiger partial charge is 0.495 e. The fraction of sp³-hybridized carbons (Fsp3) is 0.158. The minimum atomic E-state index is -3.48. The van der Waals surface area contributed by atoms with Gasteiger partial charge in [0.2, 0.25) is 10.0 Å². The minimum absolute atomic E-state index is 0.248. The van der Waals surface area contributed by atoms with E-state index in [1.54, 1.807) is 18.3 Å². The SMILES string of the molecule is COc1cnc(-c2cc(C(=O)Nc3cc(Cl)cc(NS(C)(=O)=O)c3)sc2C)c(Cl)c1.